The van der Waals surface area contributed by atoms with Gasteiger partial charge in [-0.25, -0.2) is 0 Å². The summed E-state index contributed by atoms with van der Waals surface area (Å²) in [4.78, 5) is 12.1. The number of aliphatic hydroxyl groups is 1. The van der Waals surface area contributed by atoms with Crippen molar-refractivity contribution in [3.63, 3.8) is 0 Å². The lowest BCUT2D eigenvalue weighted by Gasteiger charge is -2.29. The molecule has 3 atom stereocenters. The summed E-state index contributed by atoms with van der Waals surface area (Å²) >= 11 is 0. The Bertz CT molecular complexity index is 235. The average Bonchev–Trinajstić information content (AvgIpc) is 2.65. The molecule has 1 aliphatic heterocycles. The Hall–Kier alpha value is -0.610. The number of carbonyl (C=O) groups excluding carboxylic acids is 1. The highest BCUT2D eigenvalue weighted by Crippen LogP contribution is 2.23. The summed E-state index contributed by atoms with van der Waals surface area (Å²) in [5, 5.41) is 15.5. The predicted octanol–water partition coefficient (Wildman–Crippen LogP) is 0.794. The molecule has 3 N–H and O–H groups in total. The van der Waals surface area contributed by atoms with Crippen molar-refractivity contribution in [3.8, 4) is 0 Å². The number of carbonyl (C=O) groups is 1. The fraction of sp³-hybridized carbons (Fsp3) is 0.917. The zero-order chi connectivity index (χ0) is 12.2. The van der Waals surface area contributed by atoms with E-state index in [4.69, 9.17) is 0 Å². The van der Waals surface area contributed by atoms with Crippen molar-refractivity contribution in [2.24, 2.45) is 0 Å². The van der Waals surface area contributed by atoms with Crippen LogP contribution in [0.15, 0.2) is 0 Å². The van der Waals surface area contributed by atoms with Crippen molar-refractivity contribution in [2.45, 2.75) is 64.1 Å². The first-order valence-corrected chi connectivity index (χ1v) is 6.24. The molecule has 0 radical (unpaired) electrons. The molecule has 1 saturated heterocycles. The number of rotatable bonds is 5. The fourth-order valence-electron chi connectivity index (χ4n) is 2.39. The SMILES string of the molecule is CCC1(C(=O)NC(C)CC(C)O)CCCN1. The maximum Gasteiger partial charge on any atom is 0.240 e. The van der Waals surface area contributed by atoms with Crippen LogP contribution in [-0.2, 0) is 4.79 Å². The molecule has 4 heteroatoms. The number of hydrogen-bond donors (Lipinski definition) is 3. The standard InChI is InChI=1S/C12H24N2O2/c1-4-12(6-5-7-13-12)11(16)14-9(2)8-10(3)15/h9-10,13,15H,4-8H2,1-3H3,(H,14,16). The highest BCUT2D eigenvalue weighted by molar-refractivity contribution is 5.86. The summed E-state index contributed by atoms with van der Waals surface area (Å²) in [5.74, 6) is 0.0839. The lowest BCUT2D eigenvalue weighted by molar-refractivity contribution is -0.128. The zero-order valence-electron chi connectivity index (χ0n) is 10.5. The lowest BCUT2D eigenvalue weighted by atomic mass is 9.92. The van der Waals surface area contributed by atoms with Gasteiger partial charge in [0.05, 0.1) is 11.6 Å². The smallest absolute Gasteiger partial charge is 0.240 e. The van der Waals surface area contributed by atoms with Crippen LogP contribution in [0.25, 0.3) is 0 Å². The third-order valence-electron chi connectivity index (χ3n) is 3.35. The summed E-state index contributed by atoms with van der Waals surface area (Å²) < 4.78 is 0. The van der Waals surface area contributed by atoms with Crippen LogP contribution >= 0.6 is 0 Å². The number of nitrogens with one attached hydrogen (secondary N) is 2. The van der Waals surface area contributed by atoms with Gasteiger partial charge in [0.1, 0.15) is 0 Å². The number of aliphatic hydroxyl groups excluding tert-OH is 1. The van der Waals surface area contributed by atoms with Crippen LogP contribution in [0.4, 0.5) is 0 Å². The van der Waals surface area contributed by atoms with Crippen molar-refractivity contribution >= 4 is 5.91 Å². The van der Waals surface area contributed by atoms with E-state index in [9.17, 15) is 9.90 Å². The summed E-state index contributed by atoms with van der Waals surface area (Å²) in [7, 11) is 0. The first kappa shape index (κ1) is 13.5. The van der Waals surface area contributed by atoms with E-state index in [1.165, 1.54) is 0 Å². The normalized spacial score (nSPS) is 28.8. The van der Waals surface area contributed by atoms with E-state index in [1.807, 2.05) is 13.8 Å². The molecule has 1 amide bonds. The minimum atomic E-state index is -0.371. The van der Waals surface area contributed by atoms with Crippen LogP contribution in [0, 0.1) is 0 Å². The second kappa shape index (κ2) is 5.64. The molecule has 0 saturated carbocycles. The van der Waals surface area contributed by atoms with Gasteiger partial charge in [0.15, 0.2) is 0 Å². The van der Waals surface area contributed by atoms with E-state index in [0.29, 0.717) is 6.42 Å². The monoisotopic (exact) mass is 228 g/mol. The second-order valence-corrected chi connectivity index (χ2v) is 4.93. The highest BCUT2D eigenvalue weighted by atomic mass is 16.3. The van der Waals surface area contributed by atoms with Gasteiger partial charge in [-0.3, -0.25) is 4.79 Å². The molecule has 0 aromatic rings. The van der Waals surface area contributed by atoms with Crippen molar-refractivity contribution in [2.75, 3.05) is 6.54 Å². The number of amides is 1. The quantitative estimate of drug-likeness (QED) is 0.652. The Balaban J connectivity index is 2.50. The lowest BCUT2D eigenvalue weighted by Crippen LogP contribution is -2.55. The minimum absolute atomic E-state index is 0.0262. The van der Waals surface area contributed by atoms with E-state index in [1.54, 1.807) is 6.92 Å². The van der Waals surface area contributed by atoms with Crippen LogP contribution in [-0.4, -0.2) is 35.2 Å². The van der Waals surface area contributed by atoms with Gasteiger partial charge in [0.2, 0.25) is 5.91 Å². The van der Waals surface area contributed by atoms with Crippen molar-refractivity contribution in [1.29, 1.82) is 0 Å². The Morgan fingerprint density at radius 2 is 2.25 bits per heavy atom. The van der Waals surface area contributed by atoms with Crippen molar-refractivity contribution in [3.05, 3.63) is 0 Å². The molecular weight excluding hydrogens is 204 g/mol. The Morgan fingerprint density at radius 1 is 1.56 bits per heavy atom. The molecule has 16 heavy (non-hydrogen) atoms. The molecule has 4 nitrogen and oxygen atoms in total. The van der Waals surface area contributed by atoms with Gasteiger partial charge in [-0.05, 0) is 46.1 Å². The summed E-state index contributed by atoms with van der Waals surface area (Å²) in [5.41, 5.74) is -0.368. The van der Waals surface area contributed by atoms with Gasteiger partial charge in [-0.15, -0.1) is 0 Å². The molecule has 1 fully saturated rings. The summed E-state index contributed by atoms with van der Waals surface area (Å²) in [6.07, 6.45) is 3.03. The average molecular weight is 228 g/mol. The Labute approximate surface area is 97.8 Å². The van der Waals surface area contributed by atoms with Crippen LogP contribution < -0.4 is 10.6 Å². The molecule has 0 aliphatic carbocycles. The molecule has 3 unspecified atom stereocenters. The Morgan fingerprint density at radius 3 is 2.69 bits per heavy atom. The molecule has 0 spiro atoms. The van der Waals surface area contributed by atoms with Crippen molar-refractivity contribution in [1.82, 2.24) is 10.6 Å². The maximum absolute atomic E-state index is 12.1. The summed E-state index contributed by atoms with van der Waals surface area (Å²) in [6.45, 7) is 6.64. The van der Waals surface area contributed by atoms with E-state index < -0.39 is 0 Å². The zero-order valence-corrected chi connectivity index (χ0v) is 10.5. The molecule has 94 valence electrons. The van der Waals surface area contributed by atoms with Crippen LogP contribution in [0.1, 0.15) is 46.5 Å². The fourth-order valence-corrected chi connectivity index (χ4v) is 2.39. The third kappa shape index (κ3) is 3.19. The topological polar surface area (TPSA) is 61.4 Å². The van der Waals surface area contributed by atoms with Gasteiger partial charge in [0.25, 0.3) is 0 Å². The van der Waals surface area contributed by atoms with E-state index in [-0.39, 0.29) is 23.6 Å². The second-order valence-electron chi connectivity index (χ2n) is 4.93. The number of hydrogen-bond acceptors (Lipinski definition) is 3. The molecule has 0 aromatic carbocycles. The van der Waals surface area contributed by atoms with Crippen LogP contribution in [0.2, 0.25) is 0 Å². The molecule has 0 bridgehead atoms. The van der Waals surface area contributed by atoms with Crippen LogP contribution in [0.3, 0.4) is 0 Å². The van der Waals surface area contributed by atoms with Gasteiger partial charge in [0, 0.05) is 6.04 Å². The molecule has 1 rings (SSSR count). The van der Waals surface area contributed by atoms with Crippen molar-refractivity contribution < 1.29 is 9.90 Å². The predicted molar refractivity (Wildman–Crippen MR) is 64.2 cm³/mol. The first-order valence-electron chi connectivity index (χ1n) is 6.24. The third-order valence-corrected chi connectivity index (χ3v) is 3.35. The largest absolute Gasteiger partial charge is 0.393 e. The van der Waals surface area contributed by atoms with E-state index in [2.05, 4.69) is 10.6 Å². The maximum atomic E-state index is 12.1. The molecular formula is C12H24N2O2. The van der Waals surface area contributed by atoms with Gasteiger partial charge >= 0.3 is 0 Å². The highest BCUT2D eigenvalue weighted by Gasteiger charge is 2.39. The summed E-state index contributed by atoms with van der Waals surface area (Å²) in [6, 6.07) is 0.0262. The van der Waals surface area contributed by atoms with E-state index >= 15 is 0 Å². The van der Waals surface area contributed by atoms with E-state index in [0.717, 1.165) is 25.8 Å². The van der Waals surface area contributed by atoms with Crippen LogP contribution in [0.5, 0.6) is 0 Å². The van der Waals surface area contributed by atoms with Gasteiger partial charge < -0.3 is 15.7 Å². The Kier molecular flexibility index (Phi) is 4.74. The molecule has 1 heterocycles. The minimum Gasteiger partial charge on any atom is -0.393 e. The van der Waals surface area contributed by atoms with Gasteiger partial charge in [-0.2, -0.15) is 0 Å². The van der Waals surface area contributed by atoms with Gasteiger partial charge in [-0.1, -0.05) is 6.92 Å². The molecule has 1 aliphatic rings. The molecule has 0 aromatic heterocycles. The first-order chi connectivity index (χ1) is 7.50.